The largest absolute Gasteiger partial charge is 0.360 e. The second-order valence-corrected chi connectivity index (χ2v) is 5.94. The van der Waals surface area contributed by atoms with Gasteiger partial charge in [0.1, 0.15) is 5.56 Å². The zero-order valence-electron chi connectivity index (χ0n) is 12.4. The molecule has 3 aromatic rings. The molecule has 3 rings (SSSR count). The summed E-state index contributed by atoms with van der Waals surface area (Å²) in [5.74, 6) is -0.686. The van der Waals surface area contributed by atoms with E-state index in [1.54, 1.807) is 12.1 Å². The molecule has 0 saturated carbocycles. The summed E-state index contributed by atoms with van der Waals surface area (Å²) in [7, 11) is 0. The number of nitro benzene ring substituents is 1. The Morgan fingerprint density at radius 1 is 1.16 bits per heavy atom. The summed E-state index contributed by atoms with van der Waals surface area (Å²) in [5.41, 5.74) is -0.135. The number of aromatic amines is 1. The quantitative estimate of drug-likeness (QED) is 0.531. The monoisotopic (exact) mass is 377 g/mol. The molecule has 9 heteroatoms. The fraction of sp³-hybridized carbons (Fsp3) is 0. The molecule has 2 N–H and O–H groups in total. The fourth-order valence-corrected chi connectivity index (χ4v) is 2.67. The number of carbonyl (C=O) groups excluding carboxylic acids is 1. The van der Waals surface area contributed by atoms with E-state index in [4.69, 9.17) is 23.2 Å². The number of anilines is 1. The summed E-state index contributed by atoms with van der Waals surface area (Å²) in [6, 6.07) is 8.26. The Bertz CT molecular complexity index is 1080. The van der Waals surface area contributed by atoms with E-state index in [1.807, 2.05) is 0 Å². The van der Waals surface area contributed by atoms with Crippen molar-refractivity contribution in [1.29, 1.82) is 0 Å². The summed E-state index contributed by atoms with van der Waals surface area (Å²) >= 11 is 11.8. The van der Waals surface area contributed by atoms with E-state index in [0.29, 0.717) is 15.9 Å². The number of carbonyl (C=O) groups is 1. The van der Waals surface area contributed by atoms with Gasteiger partial charge >= 0.3 is 0 Å². The average Bonchev–Trinajstić information content (AvgIpc) is 2.56. The molecule has 0 bridgehead atoms. The van der Waals surface area contributed by atoms with Crippen molar-refractivity contribution in [3.05, 3.63) is 78.5 Å². The van der Waals surface area contributed by atoms with Crippen LogP contribution in [0.1, 0.15) is 10.4 Å². The van der Waals surface area contributed by atoms with Crippen LogP contribution in [0.15, 0.2) is 47.4 Å². The second kappa shape index (κ2) is 6.54. The van der Waals surface area contributed by atoms with Crippen molar-refractivity contribution in [2.24, 2.45) is 0 Å². The Hall–Kier alpha value is -2.90. The maximum absolute atomic E-state index is 12.5. The number of hydrogen-bond donors (Lipinski definition) is 2. The van der Waals surface area contributed by atoms with Gasteiger partial charge in [0.15, 0.2) is 0 Å². The van der Waals surface area contributed by atoms with Crippen LogP contribution in [0, 0.1) is 10.1 Å². The number of aromatic nitrogens is 1. The highest BCUT2D eigenvalue weighted by Gasteiger charge is 2.16. The molecular formula is C16H9Cl2N3O4. The highest BCUT2D eigenvalue weighted by atomic mass is 35.5. The Morgan fingerprint density at radius 3 is 2.60 bits per heavy atom. The number of nitrogens with one attached hydrogen (secondary N) is 2. The van der Waals surface area contributed by atoms with Crippen molar-refractivity contribution in [1.82, 2.24) is 4.98 Å². The van der Waals surface area contributed by atoms with Crippen LogP contribution in [0.5, 0.6) is 0 Å². The molecule has 1 heterocycles. The van der Waals surface area contributed by atoms with Crippen molar-refractivity contribution in [3.63, 3.8) is 0 Å². The van der Waals surface area contributed by atoms with Crippen LogP contribution in [-0.2, 0) is 0 Å². The van der Waals surface area contributed by atoms with Gasteiger partial charge in [0.25, 0.3) is 11.6 Å². The SMILES string of the molecule is O=C(Nc1ccc([N+](=O)[O-])cc1Cl)c1c[nH]c2cc(Cl)ccc2c1=O. The molecule has 25 heavy (non-hydrogen) atoms. The summed E-state index contributed by atoms with van der Waals surface area (Å²) in [5, 5.41) is 13.9. The molecule has 0 atom stereocenters. The minimum Gasteiger partial charge on any atom is -0.360 e. The minimum absolute atomic E-state index is 0.00782. The number of amides is 1. The normalized spacial score (nSPS) is 10.6. The third-order valence-electron chi connectivity index (χ3n) is 3.50. The lowest BCUT2D eigenvalue weighted by Crippen LogP contribution is -2.22. The number of fused-ring (bicyclic) bond motifs is 1. The number of nitro groups is 1. The molecule has 0 radical (unpaired) electrons. The number of nitrogens with zero attached hydrogens (tertiary/aromatic N) is 1. The van der Waals surface area contributed by atoms with Gasteiger partial charge in [-0.15, -0.1) is 0 Å². The molecule has 0 aliphatic carbocycles. The molecule has 2 aromatic carbocycles. The zero-order chi connectivity index (χ0) is 18.1. The molecule has 0 saturated heterocycles. The Kier molecular flexibility index (Phi) is 4.43. The van der Waals surface area contributed by atoms with Crippen molar-refractivity contribution in [2.75, 3.05) is 5.32 Å². The van der Waals surface area contributed by atoms with Crippen LogP contribution in [-0.4, -0.2) is 15.8 Å². The highest BCUT2D eigenvalue weighted by Crippen LogP contribution is 2.27. The van der Waals surface area contributed by atoms with Gasteiger partial charge in [-0.3, -0.25) is 19.7 Å². The molecule has 0 aliphatic heterocycles. The van der Waals surface area contributed by atoms with Gasteiger partial charge < -0.3 is 10.3 Å². The summed E-state index contributed by atoms with van der Waals surface area (Å²) in [4.78, 5) is 37.8. The lowest BCUT2D eigenvalue weighted by Gasteiger charge is -2.07. The molecule has 1 amide bonds. The van der Waals surface area contributed by atoms with E-state index in [1.165, 1.54) is 24.4 Å². The van der Waals surface area contributed by atoms with Gasteiger partial charge in [-0.1, -0.05) is 23.2 Å². The predicted octanol–water partition coefficient (Wildman–Crippen LogP) is 4.00. The van der Waals surface area contributed by atoms with Crippen molar-refractivity contribution in [2.45, 2.75) is 0 Å². The standard InChI is InChI=1S/C16H9Cl2N3O4/c17-8-1-3-10-14(5-8)19-7-11(15(10)22)16(23)20-13-4-2-9(21(24)25)6-12(13)18/h1-7H,(H,19,22)(H,20,23). The number of non-ortho nitro benzene ring substituents is 1. The summed E-state index contributed by atoms with van der Waals surface area (Å²) in [6.07, 6.45) is 1.27. The first-order valence-corrected chi connectivity index (χ1v) is 7.68. The van der Waals surface area contributed by atoms with E-state index in [9.17, 15) is 19.7 Å². The van der Waals surface area contributed by atoms with Crippen LogP contribution >= 0.6 is 23.2 Å². The average molecular weight is 378 g/mol. The number of benzene rings is 2. The molecule has 0 spiro atoms. The number of halogens is 2. The number of rotatable bonds is 3. The lowest BCUT2D eigenvalue weighted by atomic mass is 10.1. The van der Waals surface area contributed by atoms with Gasteiger partial charge in [-0.05, 0) is 24.3 Å². The van der Waals surface area contributed by atoms with Crippen LogP contribution in [0.25, 0.3) is 10.9 Å². The first-order valence-electron chi connectivity index (χ1n) is 6.93. The summed E-state index contributed by atoms with van der Waals surface area (Å²) < 4.78 is 0. The summed E-state index contributed by atoms with van der Waals surface area (Å²) in [6.45, 7) is 0. The maximum Gasteiger partial charge on any atom is 0.271 e. The lowest BCUT2D eigenvalue weighted by molar-refractivity contribution is -0.384. The smallest absolute Gasteiger partial charge is 0.271 e. The predicted molar refractivity (Wildman–Crippen MR) is 95.6 cm³/mol. The zero-order valence-corrected chi connectivity index (χ0v) is 13.9. The van der Waals surface area contributed by atoms with Gasteiger partial charge in [0, 0.05) is 28.7 Å². The van der Waals surface area contributed by atoms with E-state index >= 15 is 0 Å². The topological polar surface area (TPSA) is 105 Å². The molecular weight excluding hydrogens is 369 g/mol. The van der Waals surface area contributed by atoms with E-state index in [0.717, 1.165) is 6.07 Å². The fourth-order valence-electron chi connectivity index (χ4n) is 2.27. The second-order valence-electron chi connectivity index (χ2n) is 5.10. The van der Waals surface area contributed by atoms with Crippen molar-refractivity contribution in [3.8, 4) is 0 Å². The molecule has 0 fully saturated rings. The first kappa shape index (κ1) is 16.9. The molecule has 0 unspecified atom stereocenters. The van der Waals surface area contributed by atoms with Crippen molar-refractivity contribution >= 4 is 51.4 Å². The number of pyridine rings is 1. The third-order valence-corrected chi connectivity index (χ3v) is 4.05. The third kappa shape index (κ3) is 3.33. The van der Waals surface area contributed by atoms with Gasteiger partial charge in [0.2, 0.25) is 5.43 Å². The van der Waals surface area contributed by atoms with Gasteiger partial charge in [-0.25, -0.2) is 0 Å². The Morgan fingerprint density at radius 2 is 1.92 bits per heavy atom. The molecule has 0 aliphatic rings. The number of hydrogen-bond acceptors (Lipinski definition) is 4. The Labute approximate surface area is 150 Å². The molecule has 1 aromatic heterocycles. The highest BCUT2D eigenvalue weighted by molar-refractivity contribution is 6.34. The number of H-pyrrole nitrogens is 1. The van der Waals surface area contributed by atoms with E-state index in [-0.39, 0.29) is 22.0 Å². The first-order chi connectivity index (χ1) is 11.9. The van der Waals surface area contributed by atoms with E-state index in [2.05, 4.69) is 10.3 Å². The van der Waals surface area contributed by atoms with E-state index < -0.39 is 16.3 Å². The maximum atomic E-state index is 12.5. The van der Waals surface area contributed by atoms with Crippen LogP contribution in [0.2, 0.25) is 10.0 Å². The minimum atomic E-state index is -0.686. The Balaban J connectivity index is 1.95. The van der Waals surface area contributed by atoms with Crippen LogP contribution < -0.4 is 10.7 Å². The van der Waals surface area contributed by atoms with Crippen molar-refractivity contribution < 1.29 is 9.72 Å². The van der Waals surface area contributed by atoms with Gasteiger partial charge in [0.05, 0.1) is 21.2 Å². The molecule has 126 valence electrons. The van der Waals surface area contributed by atoms with Crippen LogP contribution in [0.3, 0.4) is 0 Å². The molecule has 7 nitrogen and oxygen atoms in total. The van der Waals surface area contributed by atoms with Gasteiger partial charge in [-0.2, -0.15) is 0 Å². The van der Waals surface area contributed by atoms with Crippen LogP contribution in [0.4, 0.5) is 11.4 Å².